The molecule has 10 rings (SSSR count). The van der Waals surface area contributed by atoms with E-state index in [1.54, 1.807) is 171 Å². The number of rotatable bonds is 21. The van der Waals surface area contributed by atoms with Crippen molar-refractivity contribution < 1.29 is 67.5 Å². The van der Waals surface area contributed by atoms with Crippen molar-refractivity contribution >= 4 is 71.0 Å². The SMILES string of the molecule is C.CC(CC1C(=O)N(c2ccc(O)cc2)C(=O)C1CCC(CC1C(=O)N(c2ccc(OC(=O)/C=C/c3ccc(OC(=O)c4ccccc4)cc3)cc2)C(=O)C1C)c1ccc(OC(=O)/C=C/c2ccc(OC(=O)c3ccccc3)cc2)cc1)c1ccc(O)cc1. The van der Waals surface area contributed by atoms with E-state index in [9.17, 15) is 48.6 Å². The second kappa shape index (κ2) is 28.5. The summed E-state index contributed by atoms with van der Waals surface area (Å²) in [5.41, 5.74) is 4.25. The molecular weight excluding hydrogens is 1130 g/mol. The van der Waals surface area contributed by atoms with Crippen molar-refractivity contribution in [2.75, 3.05) is 9.80 Å². The summed E-state index contributed by atoms with van der Waals surface area (Å²) in [6.45, 7) is 3.64. The Morgan fingerprint density at radius 3 is 1.31 bits per heavy atom. The molecule has 2 fully saturated rings. The lowest BCUT2D eigenvalue weighted by Gasteiger charge is -2.25. The second-order valence-corrected chi connectivity index (χ2v) is 21.6. The standard InChI is InChI=1S/C72H60N2O14.CH4/c1-45(49-19-28-56(75)29-20-49)43-64-62(68(80)74(70(64)82)54-24-30-57(76)31-25-54)40-23-53(50-21-36-58(37-22-50)85-65(77)41-17-47-13-32-60(33-14-47)87-71(83)51-9-5-3-6-10-51)44-63-46(2)67(79)73(69(63)81)55-26-38-59(39-27-55)86-66(78)42-18-48-15-34-61(35-16-48)88-72(84)52-11-7-4-8-12-52;/h3-22,24-39,41-42,45-46,53,62-64,75-76H,23,40,43-44H2,1-2H3;1H4/b41-17+,42-18+;. The Kier molecular flexibility index (Phi) is 20.0. The molecule has 89 heavy (non-hydrogen) atoms. The Labute approximate surface area is 514 Å². The van der Waals surface area contributed by atoms with Crippen LogP contribution in [0, 0.1) is 23.7 Å². The summed E-state index contributed by atoms with van der Waals surface area (Å²) in [6.07, 6.45) is 6.53. The number of carbonyl (C=O) groups is 8. The van der Waals surface area contributed by atoms with Crippen LogP contribution in [0.3, 0.4) is 0 Å². The summed E-state index contributed by atoms with van der Waals surface area (Å²) in [6, 6.07) is 55.6. The highest BCUT2D eigenvalue weighted by molar-refractivity contribution is 6.23. The minimum absolute atomic E-state index is 0. The van der Waals surface area contributed by atoms with Gasteiger partial charge in [0.1, 0.15) is 34.5 Å². The first-order valence-electron chi connectivity index (χ1n) is 28.6. The van der Waals surface area contributed by atoms with Crippen molar-refractivity contribution in [1.29, 1.82) is 0 Å². The van der Waals surface area contributed by atoms with Crippen molar-refractivity contribution in [1.82, 2.24) is 0 Å². The molecule has 450 valence electrons. The number of benzene rings is 8. The fourth-order valence-corrected chi connectivity index (χ4v) is 11.0. The summed E-state index contributed by atoms with van der Waals surface area (Å²) in [5, 5.41) is 20.1. The minimum atomic E-state index is -0.836. The second-order valence-electron chi connectivity index (χ2n) is 21.6. The molecule has 6 atom stereocenters. The Morgan fingerprint density at radius 2 is 0.831 bits per heavy atom. The predicted molar refractivity (Wildman–Crippen MR) is 335 cm³/mol. The quantitative estimate of drug-likeness (QED) is 0.0296. The first-order chi connectivity index (χ1) is 42.5. The van der Waals surface area contributed by atoms with Gasteiger partial charge in [-0.05, 0) is 193 Å². The van der Waals surface area contributed by atoms with Gasteiger partial charge in [-0.2, -0.15) is 0 Å². The van der Waals surface area contributed by atoms with Gasteiger partial charge in [-0.25, -0.2) is 19.2 Å². The summed E-state index contributed by atoms with van der Waals surface area (Å²) < 4.78 is 22.1. The van der Waals surface area contributed by atoms with Crippen LogP contribution in [0.25, 0.3) is 12.2 Å². The van der Waals surface area contributed by atoms with Crippen LogP contribution in [0.2, 0.25) is 0 Å². The molecule has 2 aliphatic rings. The number of phenols is 2. The zero-order chi connectivity index (χ0) is 61.8. The van der Waals surface area contributed by atoms with Gasteiger partial charge in [-0.1, -0.05) is 106 Å². The maximum Gasteiger partial charge on any atom is 0.343 e. The van der Waals surface area contributed by atoms with Crippen molar-refractivity contribution in [2.45, 2.75) is 58.8 Å². The molecule has 2 aliphatic heterocycles. The summed E-state index contributed by atoms with van der Waals surface area (Å²) in [7, 11) is 0. The number of aromatic hydroxyl groups is 2. The molecule has 0 bridgehead atoms. The van der Waals surface area contributed by atoms with E-state index >= 15 is 0 Å². The van der Waals surface area contributed by atoms with Crippen molar-refractivity contribution in [3.63, 3.8) is 0 Å². The van der Waals surface area contributed by atoms with E-state index in [0.29, 0.717) is 45.9 Å². The molecule has 8 aromatic carbocycles. The largest absolute Gasteiger partial charge is 0.508 e. The number of hydrogen-bond acceptors (Lipinski definition) is 14. The lowest BCUT2D eigenvalue weighted by molar-refractivity contribution is -0.129. The van der Waals surface area contributed by atoms with E-state index in [4.69, 9.17) is 18.9 Å². The van der Waals surface area contributed by atoms with Gasteiger partial charge in [0.2, 0.25) is 23.6 Å². The Hall–Kier alpha value is -11.0. The van der Waals surface area contributed by atoms with Gasteiger partial charge < -0.3 is 29.2 Å². The molecule has 0 radical (unpaired) electrons. The van der Waals surface area contributed by atoms with Gasteiger partial charge in [0.15, 0.2) is 0 Å². The third kappa shape index (κ3) is 15.3. The molecule has 0 aromatic heterocycles. The van der Waals surface area contributed by atoms with E-state index in [1.807, 2.05) is 6.92 Å². The van der Waals surface area contributed by atoms with Crippen LogP contribution < -0.4 is 28.7 Å². The third-order valence-electron chi connectivity index (χ3n) is 15.8. The van der Waals surface area contributed by atoms with Crippen molar-refractivity contribution in [3.05, 3.63) is 252 Å². The first kappa shape index (κ1) is 62.5. The van der Waals surface area contributed by atoms with Gasteiger partial charge in [-0.15, -0.1) is 0 Å². The maximum absolute atomic E-state index is 14.6. The molecule has 0 spiro atoms. The van der Waals surface area contributed by atoms with Gasteiger partial charge in [0.05, 0.1) is 40.3 Å². The van der Waals surface area contributed by atoms with Crippen LogP contribution in [0.1, 0.15) is 102 Å². The lowest BCUT2D eigenvalue weighted by atomic mass is 9.77. The third-order valence-corrected chi connectivity index (χ3v) is 15.8. The number of imide groups is 2. The molecule has 8 aromatic rings. The fourth-order valence-electron chi connectivity index (χ4n) is 11.0. The Balaban J connectivity index is 0.00000941. The van der Waals surface area contributed by atoms with Crippen molar-refractivity contribution in [3.8, 4) is 34.5 Å². The summed E-state index contributed by atoms with van der Waals surface area (Å²) in [4.78, 5) is 111. The highest BCUT2D eigenvalue weighted by Gasteiger charge is 2.50. The topological polar surface area (TPSA) is 220 Å². The highest BCUT2D eigenvalue weighted by Crippen LogP contribution is 2.44. The Morgan fingerprint density at radius 1 is 0.449 bits per heavy atom. The average Bonchev–Trinajstić information content (AvgIpc) is 1.73. The molecule has 6 unspecified atom stereocenters. The maximum atomic E-state index is 14.6. The zero-order valence-electron chi connectivity index (χ0n) is 47.9. The molecule has 2 N–H and O–H groups in total. The van der Waals surface area contributed by atoms with Gasteiger partial charge in [-0.3, -0.25) is 29.0 Å². The minimum Gasteiger partial charge on any atom is -0.508 e. The molecule has 2 saturated heterocycles. The lowest BCUT2D eigenvalue weighted by Crippen LogP contribution is -2.31. The number of ether oxygens (including phenoxy) is 4. The van der Waals surface area contributed by atoms with E-state index in [0.717, 1.165) is 16.0 Å². The number of anilines is 2. The molecule has 4 amide bonds. The van der Waals surface area contributed by atoms with E-state index < -0.39 is 77.1 Å². The number of nitrogens with zero attached hydrogens (tertiary/aromatic N) is 2. The fraction of sp³-hybridized carbons (Fsp3) is 0.178. The van der Waals surface area contributed by atoms with Crippen LogP contribution in [-0.4, -0.2) is 57.7 Å². The summed E-state index contributed by atoms with van der Waals surface area (Å²) >= 11 is 0. The number of hydrogen-bond donors (Lipinski definition) is 2. The number of carbonyl (C=O) groups excluding carboxylic acids is 8. The number of phenolic OH excluding ortho intramolecular Hbond substituents is 2. The number of amides is 4. The van der Waals surface area contributed by atoms with Crippen LogP contribution >= 0.6 is 0 Å². The number of esters is 4. The van der Waals surface area contributed by atoms with Crippen LogP contribution in [0.5, 0.6) is 34.5 Å². The Bertz CT molecular complexity index is 3910. The summed E-state index contributed by atoms with van der Waals surface area (Å²) in [5.74, 6) is -6.87. The predicted octanol–water partition coefficient (Wildman–Crippen LogP) is 13.5. The van der Waals surface area contributed by atoms with Crippen LogP contribution in [-0.2, 0) is 28.8 Å². The molecule has 0 saturated carbocycles. The highest BCUT2D eigenvalue weighted by atomic mass is 16.5. The van der Waals surface area contributed by atoms with Gasteiger partial charge in [0, 0.05) is 18.1 Å². The van der Waals surface area contributed by atoms with Gasteiger partial charge >= 0.3 is 23.9 Å². The van der Waals surface area contributed by atoms with E-state index in [2.05, 4.69) is 0 Å². The molecule has 2 heterocycles. The van der Waals surface area contributed by atoms with Crippen molar-refractivity contribution in [2.24, 2.45) is 23.7 Å². The molecule has 0 aliphatic carbocycles. The van der Waals surface area contributed by atoms with Crippen LogP contribution in [0.15, 0.2) is 218 Å². The molecular formula is C73H64N2O14. The average molecular weight is 1190 g/mol. The smallest absolute Gasteiger partial charge is 0.343 e. The van der Waals surface area contributed by atoms with Crippen LogP contribution in [0.4, 0.5) is 11.4 Å². The first-order valence-corrected chi connectivity index (χ1v) is 28.6. The molecule has 16 heteroatoms. The normalized spacial score (nSPS) is 17.1. The monoisotopic (exact) mass is 1190 g/mol. The molecule has 16 nitrogen and oxygen atoms in total. The van der Waals surface area contributed by atoms with E-state index in [-0.39, 0.29) is 61.3 Å². The van der Waals surface area contributed by atoms with E-state index in [1.165, 1.54) is 71.7 Å². The zero-order valence-corrected chi connectivity index (χ0v) is 47.9. The van der Waals surface area contributed by atoms with Gasteiger partial charge in [0.25, 0.3) is 0 Å².